The molecule has 0 heterocycles. The standard InChI is InChI=1S/C21H22Cl4N2O3/c1-12(2)26-21(29)13(3)27(10-15-16(23)5-4-6-17(15)24)20(28)11-30-19-8-7-14(22)9-18(19)25/h4-9,12-13H,10-11H2,1-3H3,(H,26,29). The molecule has 162 valence electrons. The van der Waals surface area contributed by atoms with Gasteiger partial charge in [0.2, 0.25) is 5.91 Å². The van der Waals surface area contributed by atoms with Gasteiger partial charge in [0, 0.05) is 33.2 Å². The fourth-order valence-electron chi connectivity index (χ4n) is 2.66. The molecule has 1 unspecified atom stereocenters. The monoisotopic (exact) mass is 490 g/mol. The highest BCUT2D eigenvalue weighted by atomic mass is 35.5. The van der Waals surface area contributed by atoms with Crippen molar-refractivity contribution in [1.82, 2.24) is 10.2 Å². The van der Waals surface area contributed by atoms with Crippen LogP contribution < -0.4 is 10.1 Å². The van der Waals surface area contributed by atoms with Crippen molar-refractivity contribution in [2.24, 2.45) is 0 Å². The van der Waals surface area contributed by atoms with Crippen LogP contribution in [0.2, 0.25) is 20.1 Å². The zero-order valence-electron chi connectivity index (χ0n) is 16.7. The summed E-state index contributed by atoms with van der Waals surface area (Å²) in [4.78, 5) is 27.0. The summed E-state index contributed by atoms with van der Waals surface area (Å²) in [6.45, 7) is 5.03. The summed E-state index contributed by atoms with van der Waals surface area (Å²) in [5.74, 6) is -0.418. The van der Waals surface area contributed by atoms with Crippen LogP contribution >= 0.6 is 46.4 Å². The molecule has 0 radical (unpaired) electrons. The summed E-state index contributed by atoms with van der Waals surface area (Å²) >= 11 is 24.5. The number of nitrogens with one attached hydrogen (secondary N) is 1. The van der Waals surface area contributed by atoms with Gasteiger partial charge in [-0.15, -0.1) is 0 Å². The molecule has 0 aliphatic carbocycles. The lowest BCUT2D eigenvalue weighted by atomic mass is 10.1. The van der Waals surface area contributed by atoms with Gasteiger partial charge >= 0.3 is 0 Å². The summed E-state index contributed by atoms with van der Waals surface area (Å²) in [7, 11) is 0. The molecule has 0 bridgehead atoms. The van der Waals surface area contributed by atoms with Gasteiger partial charge in [-0.3, -0.25) is 9.59 Å². The van der Waals surface area contributed by atoms with E-state index < -0.39 is 11.9 Å². The Labute approximate surface area is 196 Å². The molecule has 30 heavy (non-hydrogen) atoms. The van der Waals surface area contributed by atoms with Crippen LogP contribution in [0.15, 0.2) is 36.4 Å². The van der Waals surface area contributed by atoms with Crippen molar-refractivity contribution in [1.29, 1.82) is 0 Å². The minimum Gasteiger partial charge on any atom is -0.482 e. The average Bonchev–Trinajstić information content (AvgIpc) is 2.66. The Kier molecular flexibility index (Phi) is 9.10. The molecule has 0 aliphatic rings. The van der Waals surface area contributed by atoms with E-state index in [1.807, 2.05) is 13.8 Å². The highest BCUT2D eigenvalue weighted by Crippen LogP contribution is 2.29. The smallest absolute Gasteiger partial charge is 0.261 e. The molecule has 1 atom stereocenters. The van der Waals surface area contributed by atoms with Crippen molar-refractivity contribution < 1.29 is 14.3 Å². The highest BCUT2D eigenvalue weighted by molar-refractivity contribution is 6.36. The number of hydrogen-bond donors (Lipinski definition) is 1. The molecular weight excluding hydrogens is 470 g/mol. The second-order valence-electron chi connectivity index (χ2n) is 6.92. The topological polar surface area (TPSA) is 58.6 Å². The molecule has 9 heteroatoms. The number of amides is 2. The van der Waals surface area contributed by atoms with Crippen molar-refractivity contribution in [3.8, 4) is 5.75 Å². The fourth-order valence-corrected chi connectivity index (χ4v) is 3.64. The summed E-state index contributed by atoms with van der Waals surface area (Å²) in [6, 6.07) is 8.89. The van der Waals surface area contributed by atoms with Gasteiger partial charge in [-0.05, 0) is 51.1 Å². The molecule has 2 aromatic rings. The number of carbonyl (C=O) groups is 2. The van der Waals surface area contributed by atoms with Gasteiger partial charge in [0.15, 0.2) is 6.61 Å². The molecule has 0 fully saturated rings. The molecule has 1 N–H and O–H groups in total. The Balaban J connectivity index is 2.24. The lowest BCUT2D eigenvalue weighted by Gasteiger charge is -2.30. The Morgan fingerprint density at radius 3 is 2.20 bits per heavy atom. The van der Waals surface area contributed by atoms with Gasteiger partial charge in [0.05, 0.1) is 5.02 Å². The third-order valence-corrected chi connectivity index (χ3v) is 5.47. The van der Waals surface area contributed by atoms with E-state index in [9.17, 15) is 9.59 Å². The number of benzene rings is 2. The van der Waals surface area contributed by atoms with Crippen LogP contribution in [0.4, 0.5) is 0 Å². The molecule has 0 saturated heterocycles. The fraction of sp³-hybridized carbons (Fsp3) is 0.333. The van der Waals surface area contributed by atoms with Crippen molar-refractivity contribution in [2.75, 3.05) is 6.61 Å². The van der Waals surface area contributed by atoms with Crippen LogP contribution in [0, 0.1) is 0 Å². The van der Waals surface area contributed by atoms with E-state index in [1.165, 1.54) is 11.0 Å². The van der Waals surface area contributed by atoms with E-state index in [-0.39, 0.29) is 30.1 Å². The van der Waals surface area contributed by atoms with Gasteiger partial charge in [-0.2, -0.15) is 0 Å². The molecule has 2 rings (SSSR count). The third-order valence-electron chi connectivity index (χ3n) is 4.23. The molecule has 2 aromatic carbocycles. The maximum atomic E-state index is 13.0. The molecule has 0 spiro atoms. The Bertz CT molecular complexity index is 901. The molecule has 2 amide bonds. The quantitative estimate of drug-likeness (QED) is 0.521. The van der Waals surface area contributed by atoms with Crippen molar-refractivity contribution in [3.05, 3.63) is 62.1 Å². The maximum absolute atomic E-state index is 13.0. The number of halogens is 4. The molecule has 0 saturated carbocycles. The second-order valence-corrected chi connectivity index (χ2v) is 8.58. The van der Waals surface area contributed by atoms with Crippen LogP contribution in [-0.4, -0.2) is 35.4 Å². The average molecular weight is 492 g/mol. The van der Waals surface area contributed by atoms with Crippen molar-refractivity contribution in [3.63, 3.8) is 0 Å². The lowest BCUT2D eigenvalue weighted by Crippen LogP contribution is -2.50. The summed E-state index contributed by atoms with van der Waals surface area (Å²) in [6.07, 6.45) is 0. The van der Waals surface area contributed by atoms with Gasteiger partial charge in [-0.1, -0.05) is 52.5 Å². The molecule has 0 aromatic heterocycles. The van der Waals surface area contributed by atoms with Gasteiger partial charge in [0.25, 0.3) is 5.91 Å². The zero-order valence-corrected chi connectivity index (χ0v) is 19.7. The van der Waals surface area contributed by atoms with E-state index in [2.05, 4.69) is 5.32 Å². The minimum absolute atomic E-state index is 0.0434. The number of nitrogens with zero attached hydrogens (tertiary/aromatic N) is 1. The van der Waals surface area contributed by atoms with Crippen LogP contribution in [0.5, 0.6) is 5.75 Å². The first kappa shape index (κ1) is 24.6. The van der Waals surface area contributed by atoms with E-state index in [1.54, 1.807) is 37.3 Å². The van der Waals surface area contributed by atoms with Crippen molar-refractivity contribution >= 4 is 58.2 Å². The van der Waals surface area contributed by atoms with E-state index in [0.717, 1.165) is 0 Å². The Hall–Kier alpha value is -1.66. The molecular formula is C21H22Cl4N2O3. The first-order valence-corrected chi connectivity index (χ1v) is 10.7. The number of carbonyl (C=O) groups excluding carboxylic acids is 2. The van der Waals surface area contributed by atoms with Gasteiger partial charge in [-0.25, -0.2) is 0 Å². The Morgan fingerprint density at radius 1 is 1.00 bits per heavy atom. The first-order chi connectivity index (χ1) is 14.1. The van der Waals surface area contributed by atoms with E-state index >= 15 is 0 Å². The van der Waals surface area contributed by atoms with Crippen LogP contribution in [-0.2, 0) is 16.1 Å². The number of rotatable bonds is 8. The van der Waals surface area contributed by atoms with E-state index in [4.69, 9.17) is 51.1 Å². The normalized spacial score (nSPS) is 11.9. The first-order valence-electron chi connectivity index (χ1n) is 9.20. The predicted molar refractivity (Wildman–Crippen MR) is 122 cm³/mol. The minimum atomic E-state index is -0.781. The van der Waals surface area contributed by atoms with Crippen molar-refractivity contribution in [2.45, 2.75) is 39.4 Å². The largest absolute Gasteiger partial charge is 0.482 e. The zero-order chi connectivity index (χ0) is 22.4. The lowest BCUT2D eigenvalue weighted by molar-refractivity contribution is -0.142. The van der Waals surface area contributed by atoms with Crippen LogP contribution in [0.3, 0.4) is 0 Å². The van der Waals surface area contributed by atoms with Gasteiger partial charge < -0.3 is 15.0 Å². The highest BCUT2D eigenvalue weighted by Gasteiger charge is 2.28. The number of ether oxygens (including phenoxy) is 1. The number of hydrogen-bond acceptors (Lipinski definition) is 3. The summed E-state index contributed by atoms with van der Waals surface area (Å²) < 4.78 is 5.56. The summed E-state index contributed by atoms with van der Waals surface area (Å²) in [5.41, 5.74) is 0.544. The SMILES string of the molecule is CC(C)NC(=O)C(C)N(Cc1c(Cl)cccc1Cl)C(=O)COc1ccc(Cl)cc1Cl. The van der Waals surface area contributed by atoms with E-state index in [0.29, 0.717) is 26.4 Å². The molecule has 5 nitrogen and oxygen atoms in total. The van der Waals surface area contributed by atoms with Crippen LogP contribution in [0.1, 0.15) is 26.3 Å². The third kappa shape index (κ3) is 6.67. The van der Waals surface area contributed by atoms with Gasteiger partial charge in [0.1, 0.15) is 11.8 Å². The Morgan fingerprint density at radius 2 is 1.63 bits per heavy atom. The predicted octanol–water partition coefficient (Wildman–Crippen LogP) is 5.62. The maximum Gasteiger partial charge on any atom is 0.261 e. The summed E-state index contributed by atoms with van der Waals surface area (Å²) in [5, 5.41) is 4.34. The molecule has 0 aliphatic heterocycles. The van der Waals surface area contributed by atoms with Crippen LogP contribution in [0.25, 0.3) is 0 Å². The second kappa shape index (κ2) is 11.1.